The molecule has 4 heterocycles. The van der Waals surface area contributed by atoms with Crippen LogP contribution in [-0.2, 0) is 21.4 Å². The maximum atomic E-state index is 13.1. The fraction of sp³-hybridized carbons (Fsp3) is 0.389. The molecule has 35 heavy (non-hydrogen) atoms. The number of β-lactam (4-membered cyclic amide) rings is 1. The lowest BCUT2D eigenvalue weighted by Crippen LogP contribution is -2.70. The fourth-order valence-corrected chi connectivity index (χ4v) is 6.65. The lowest BCUT2D eigenvalue weighted by atomic mass is 10.1. The van der Waals surface area contributed by atoms with Gasteiger partial charge in [-0.05, 0) is 21.6 Å². The summed E-state index contributed by atoms with van der Waals surface area (Å²) in [5, 5.41) is 27.0. The van der Waals surface area contributed by atoms with Crippen LogP contribution in [0.5, 0.6) is 0 Å². The van der Waals surface area contributed by atoms with Crippen molar-refractivity contribution in [1.82, 2.24) is 35.4 Å². The van der Waals surface area contributed by atoms with Crippen molar-refractivity contribution in [3.63, 3.8) is 0 Å². The van der Waals surface area contributed by atoms with E-state index in [2.05, 4.69) is 25.8 Å². The van der Waals surface area contributed by atoms with E-state index in [0.717, 1.165) is 5.75 Å². The fourth-order valence-electron chi connectivity index (χ4n) is 3.23. The summed E-state index contributed by atoms with van der Waals surface area (Å²) >= 11 is 5.34. The monoisotopic (exact) mass is 556 g/mol. The zero-order chi connectivity index (χ0) is 25.1. The number of ether oxygens (including phenoxy) is 1. The van der Waals surface area contributed by atoms with Crippen molar-refractivity contribution in [2.24, 2.45) is 7.05 Å². The van der Waals surface area contributed by atoms with Crippen molar-refractivity contribution in [3.05, 3.63) is 27.9 Å². The van der Waals surface area contributed by atoms with Crippen LogP contribution in [0.4, 0.5) is 9.93 Å². The number of nitrogen functional groups attached to an aromatic ring is 1. The molecule has 2 amide bonds. The van der Waals surface area contributed by atoms with Crippen molar-refractivity contribution < 1.29 is 24.2 Å². The molecule has 186 valence electrons. The molecule has 1 unspecified atom stereocenters. The molecule has 1 saturated heterocycles. The average molecular weight is 557 g/mol. The van der Waals surface area contributed by atoms with E-state index in [4.69, 9.17) is 10.5 Å². The smallest absolute Gasteiger partial charge is 0.449 e. The second-order valence-electron chi connectivity index (χ2n) is 7.07. The summed E-state index contributed by atoms with van der Waals surface area (Å²) in [4.78, 5) is 42.9. The number of hydrogen-bond donors (Lipinski definition) is 3. The number of hydrogen-bond acceptors (Lipinski definition) is 13. The Kier molecular flexibility index (Phi) is 7.88. The Morgan fingerprint density at radius 1 is 1.46 bits per heavy atom. The van der Waals surface area contributed by atoms with Gasteiger partial charge in [0.05, 0.1) is 11.3 Å². The van der Waals surface area contributed by atoms with Crippen LogP contribution in [0.15, 0.2) is 27.4 Å². The number of carbonyl (C=O) groups excluding carboxylic acids is 2. The van der Waals surface area contributed by atoms with E-state index in [9.17, 15) is 19.5 Å². The number of amides is 2. The summed E-state index contributed by atoms with van der Waals surface area (Å²) in [6.45, 7) is 1.95. The van der Waals surface area contributed by atoms with Crippen molar-refractivity contribution in [1.29, 1.82) is 0 Å². The first-order valence-corrected chi connectivity index (χ1v) is 14.0. The number of aromatic nitrogens is 5. The van der Waals surface area contributed by atoms with E-state index in [1.807, 2.05) is 6.92 Å². The highest BCUT2D eigenvalue weighted by Crippen LogP contribution is 2.42. The molecule has 4 N–H and O–H groups in total. The van der Waals surface area contributed by atoms with Gasteiger partial charge in [0.1, 0.15) is 11.4 Å². The molecule has 0 bridgehead atoms. The highest BCUT2D eigenvalue weighted by atomic mass is 32.2. The number of carboxylic acid groups (broad SMARTS) is 1. The quantitative estimate of drug-likeness (QED) is 0.175. The molecular weight excluding hydrogens is 537 g/mol. The standard InChI is InChI=1S/C18H20N8O5S4/c1-3-32-6-9(10-7-34-16(19)20-10)12(27)21-11-13(28)26-14(31-18(29)30)8(4-33-15(11)26)5-35-17-22-23-24-25(17)2/h6-7,11,15H,3-5H2,1-2H3,(H2,19,20)(H,21,27)(H,29,30)/t11?,15-/m0/s1. The summed E-state index contributed by atoms with van der Waals surface area (Å²) in [5.41, 5.74) is 7.07. The Labute approximate surface area is 215 Å². The van der Waals surface area contributed by atoms with Crippen molar-refractivity contribution in [2.75, 3.05) is 23.0 Å². The third kappa shape index (κ3) is 5.41. The van der Waals surface area contributed by atoms with Crippen LogP contribution >= 0.6 is 46.6 Å². The normalized spacial score (nSPS) is 19.9. The van der Waals surface area contributed by atoms with E-state index in [-0.39, 0.29) is 5.88 Å². The van der Waals surface area contributed by atoms with Gasteiger partial charge in [-0.25, -0.2) is 14.5 Å². The number of thioether (sulfide) groups is 3. The van der Waals surface area contributed by atoms with E-state index in [1.54, 1.807) is 17.8 Å². The van der Waals surface area contributed by atoms with E-state index in [1.165, 1.54) is 56.2 Å². The summed E-state index contributed by atoms with van der Waals surface area (Å²) in [7, 11) is 1.69. The number of anilines is 1. The number of nitrogens with one attached hydrogen (secondary N) is 1. The van der Waals surface area contributed by atoms with Gasteiger partial charge >= 0.3 is 6.16 Å². The molecular formula is C18H20N8O5S4. The first-order chi connectivity index (χ1) is 16.8. The Hall–Kier alpha value is -2.76. The van der Waals surface area contributed by atoms with Gasteiger partial charge in [0, 0.05) is 29.5 Å². The number of rotatable bonds is 9. The summed E-state index contributed by atoms with van der Waals surface area (Å²) in [6.07, 6.45) is -1.53. The first-order valence-electron chi connectivity index (χ1n) is 10.1. The minimum atomic E-state index is -1.53. The molecule has 13 nitrogen and oxygen atoms in total. The molecule has 4 rings (SSSR count). The van der Waals surface area contributed by atoms with Gasteiger partial charge < -0.3 is 20.9 Å². The molecule has 2 aromatic rings. The number of fused-ring (bicyclic) bond motifs is 1. The Balaban J connectivity index is 1.50. The molecule has 1 fully saturated rings. The minimum Gasteiger partial charge on any atom is -0.449 e. The summed E-state index contributed by atoms with van der Waals surface area (Å²) in [5.74, 6) is 0.508. The zero-order valence-corrected chi connectivity index (χ0v) is 21.7. The lowest BCUT2D eigenvalue weighted by Gasteiger charge is -2.49. The Bertz CT molecular complexity index is 1210. The van der Waals surface area contributed by atoms with Gasteiger partial charge in [-0.2, -0.15) is 0 Å². The summed E-state index contributed by atoms with van der Waals surface area (Å²) < 4.78 is 6.49. The second-order valence-corrected chi connectivity index (χ2v) is 11.2. The average Bonchev–Trinajstić information content (AvgIpc) is 3.43. The number of aryl methyl sites for hydroxylation is 1. The topological polar surface area (TPSA) is 178 Å². The minimum absolute atomic E-state index is 0.0380. The number of thiazole rings is 1. The molecule has 0 aliphatic carbocycles. The molecule has 0 radical (unpaired) electrons. The Morgan fingerprint density at radius 2 is 2.26 bits per heavy atom. The molecule has 2 aromatic heterocycles. The van der Waals surface area contributed by atoms with Crippen LogP contribution in [0.1, 0.15) is 12.6 Å². The molecule has 2 aliphatic rings. The van der Waals surface area contributed by atoms with Crippen molar-refractivity contribution in [2.45, 2.75) is 23.5 Å². The predicted octanol–water partition coefficient (Wildman–Crippen LogP) is 1.44. The molecule has 0 saturated carbocycles. The van der Waals surface area contributed by atoms with Crippen LogP contribution < -0.4 is 11.1 Å². The van der Waals surface area contributed by atoms with Crippen LogP contribution in [0.2, 0.25) is 0 Å². The highest BCUT2D eigenvalue weighted by Gasteiger charge is 2.54. The molecule has 2 atom stereocenters. The van der Waals surface area contributed by atoms with Gasteiger partial charge in [0.25, 0.3) is 11.8 Å². The van der Waals surface area contributed by atoms with Gasteiger partial charge in [0.15, 0.2) is 5.13 Å². The van der Waals surface area contributed by atoms with Crippen molar-refractivity contribution >= 4 is 75.3 Å². The van der Waals surface area contributed by atoms with Gasteiger partial charge in [-0.3, -0.25) is 14.5 Å². The van der Waals surface area contributed by atoms with Crippen LogP contribution in [0.25, 0.3) is 5.57 Å². The zero-order valence-electron chi connectivity index (χ0n) is 18.4. The highest BCUT2D eigenvalue weighted by molar-refractivity contribution is 8.02. The van der Waals surface area contributed by atoms with Gasteiger partial charge in [-0.15, -0.1) is 40.0 Å². The Morgan fingerprint density at radius 3 is 2.89 bits per heavy atom. The number of nitrogens with zero attached hydrogens (tertiary/aromatic N) is 6. The van der Waals surface area contributed by atoms with Crippen LogP contribution in [0.3, 0.4) is 0 Å². The first kappa shape index (κ1) is 25.3. The van der Waals surface area contributed by atoms with Gasteiger partial charge in [0.2, 0.25) is 11.0 Å². The predicted molar refractivity (Wildman–Crippen MR) is 133 cm³/mol. The van der Waals surface area contributed by atoms with Crippen LogP contribution in [-0.4, -0.2) is 81.8 Å². The lowest BCUT2D eigenvalue weighted by molar-refractivity contribution is -0.148. The molecule has 0 aromatic carbocycles. The number of carbonyl (C=O) groups is 3. The number of nitrogens with two attached hydrogens (primary N) is 1. The van der Waals surface area contributed by atoms with Gasteiger partial charge in [-0.1, -0.05) is 18.7 Å². The van der Waals surface area contributed by atoms with E-state index < -0.39 is 29.4 Å². The maximum Gasteiger partial charge on any atom is 0.512 e. The van der Waals surface area contributed by atoms with E-state index in [0.29, 0.717) is 38.6 Å². The van der Waals surface area contributed by atoms with Crippen LogP contribution in [0, 0.1) is 0 Å². The second kappa shape index (κ2) is 10.9. The summed E-state index contributed by atoms with van der Waals surface area (Å²) in [6, 6.07) is -0.844. The molecule has 0 spiro atoms. The van der Waals surface area contributed by atoms with Crippen molar-refractivity contribution in [3.8, 4) is 0 Å². The third-order valence-corrected chi connectivity index (χ3v) is 8.68. The maximum absolute atomic E-state index is 13.1. The SMILES string of the molecule is CCSC=C(C(=O)NC1C(=O)N2C(OC(=O)O)=C(CSc3nnnn3C)CS[C@@H]12)c1csc(N)n1. The largest absolute Gasteiger partial charge is 0.512 e. The number of tetrazole rings is 1. The third-order valence-electron chi connectivity index (χ3n) is 4.83. The van der Waals surface area contributed by atoms with E-state index >= 15 is 0 Å². The molecule has 17 heteroatoms. The molecule has 2 aliphatic heterocycles.